The Kier molecular flexibility index (Phi) is 12.1. The fourth-order valence-corrected chi connectivity index (χ4v) is 7.88. The van der Waals surface area contributed by atoms with Gasteiger partial charge in [-0.15, -0.1) is 0 Å². The molecule has 0 spiro atoms. The van der Waals surface area contributed by atoms with E-state index in [9.17, 15) is 14.4 Å². The smallest absolute Gasteiger partial charge is 0.408 e. The van der Waals surface area contributed by atoms with Gasteiger partial charge in [0.15, 0.2) is 0 Å². The molecule has 4 unspecified atom stereocenters. The number of nitrogens with one attached hydrogen (secondary N) is 3. The SMILES string of the molecule is CC(C)COC(=O)NC(C(=O)N1CC=CC1c1ncc(-c2ccc(-c3ccc(-c4cnc(C5C=CCN5C(=O)C(c5ccccc5)N(C)C)[nH]4)cc3)cc2)[nH]1)c1ccccc1. The average molecular weight is 815 g/mol. The van der Waals surface area contributed by atoms with Crippen molar-refractivity contribution in [1.29, 1.82) is 0 Å². The standard InChI is InChI=1S/C49H50N8O4/c1-32(2)31-61-49(60)54-43(37-13-7-5-8-14-37)47(58)56-27-11-17-41(56)45-50-29-39(52-45)35-23-19-33(20-24-35)34-21-25-36(26-22-34)40-30-51-46(53-40)42-18-12-28-57(42)48(59)44(55(3)4)38-15-9-6-10-16-38/h5-26,29-30,32,41-44H,27-28,31H2,1-4H3,(H,50,52)(H,51,53)(H,54,60). The lowest BCUT2D eigenvalue weighted by molar-refractivity contribution is -0.137. The molecule has 12 nitrogen and oxygen atoms in total. The van der Waals surface area contributed by atoms with Crippen LogP contribution < -0.4 is 5.32 Å². The van der Waals surface area contributed by atoms with Crippen LogP contribution in [0.1, 0.15) is 60.8 Å². The van der Waals surface area contributed by atoms with Gasteiger partial charge >= 0.3 is 6.09 Å². The molecule has 0 saturated carbocycles. The summed E-state index contributed by atoms with van der Waals surface area (Å²) in [5, 5.41) is 2.79. The largest absolute Gasteiger partial charge is 0.449 e. The zero-order valence-electron chi connectivity index (χ0n) is 34.7. The van der Waals surface area contributed by atoms with Crippen LogP contribution in [0.25, 0.3) is 33.6 Å². The summed E-state index contributed by atoms with van der Waals surface area (Å²) < 4.78 is 5.37. The topological polar surface area (TPSA) is 140 Å². The fraction of sp³-hybridized carbons (Fsp3) is 0.245. The highest BCUT2D eigenvalue weighted by Gasteiger charge is 2.36. The van der Waals surface area contributed by atoms with Gasteiger partial charge in [0, 0.05) is 13.1 Å². The molecule has 4 aromatic carbocycles. The lowest BCUT2D eigenvalue weighted by Gasteiger charge is -2.31. The number of aromatic amines is 2. The second-order valence-corrected chi connectivity index (χ2v) is 16.0. The van der Waals surface area contributed by atoms with Crippen LogP contribution in [0.3, 0.4) is 0 Å². The molecule has 0 saturated heterocycles. The van der Waals surface area contributed by atoms with E-state index in [-0.39, 0.29) is 30.4 Å². The average Bonchev–Trinajstić information content (AvgIpc) is 4.13. The Morgan fingerprint density at radius 2 is 1.13 bits per heavy atom. The summed E-state index contributed by atoms with van der Waals surface area (Å²) in [7, 11) is 3.86. The molecular weight excluding hydrogens is 765 g/mol. The Hall–Kier alpha value is -7.05. The minimum Gasteiger partial charge on any atom is -0.449 e. The van der Waals surface area contributed by atoms with Gasteiger partial charge in [-0.05, 0) is 53.4 Å². The van der Waals surface area contributed by atoms with E-state index in [0.29, 0.717) is 24.5 Å². The van der Waals surface area contributed by atoms with Crippen LogP contribution in [-0.4, -0.2) is 86.3 Å². The van der Waals surface area contributed by atoms with E-state index in [4.69, 9.17) is 9.72 Å². The molecule has 0 bridgehead atoms. The third-order valence-corrected chi connectivity index (χ3v) is 11.0. The van der Waals surface area contributed by atoms with Crippen LogP contribution >= 0.6 is 0 Å². The maximum atomic E-state index is 14.1. The van der Waals surface area contributed by atoms with Crippen molar-refractivity contribution in [2.75, 3.05) is 33.8 Å². The van der Waals surface area contributed by atoms with Crippen LogP contribution in [0.5, 0.6) is 0 Å². The van der Waals surface area contributed by atoms with Gasteiger partial charge in [0.05, 0.1) is 30.4 Å². The number of carbonyl (C=O) groups is 3. The van der Waals surface area contributed by atoms with Gasteiger partial charge in [-0.2, -0.15) is 0 Å². The van der Waals surface area contributed by atoms with Crippen LogP contribution in [0.4, 0.5) is 4.79 Å². The van der Waals surface area contributed by atoms with Gasteiger partial charge in [-0.1, -0.05) is 147 Å². The molecule has 3 N–H and O–H groups in total. The summed E-state index contributed by atoms with van der Waals surface area (Å²) in [6, 6.07) is 33.6. The molecule has 6 aromatic rings. The van der Waals surface area contributed by atoms with E-state index in [0.717, 1.165) is 45.0 Å². The predicted octanol–water partition coefficient (Wildman–Crippen LogP) is 8.44. The Bertz CT molecular complexity index is 2510. The van der Waals surface area contributed by atoms with Crippen LogP contribution in [0.2, 0.25) is 0 Å². The quantitative estimate of drug-likeness (QED) is 0.0995. The summed E-state index contributed by atoms with van der Waals surface area (Å²) in [6.07, 6.45) is 10.9. The molecule has 0 fully saturated rings. The molecule has 0 aliphatic carbocycles. The minimum absolute atomic E-state index is 0.0288. The first-order valence-corrected chi connectivity index (χ1v) is 20.6. The monoisotopic (exact) mass is 814 g/mol. The first-order valence-electron chi connectivity index (χ1n) is 20.6. The number of alkyl carbamates (subject to hydrolysis) is 1. The molecule has 2 aliphatic heterocycles. The molecule has 4 heterocycles. The van der Waals surface area contributed by atoms with Gasteiger partial charge in [0.25, 0.3) is 5.91 Å². The number of hydrogen-bond donors (Lipinski definition) is 3. The molecule has 2 aromatic heterocycles. The first-order chi connectivity index (χ1) is 29.6. The second-order valence-electron chi connectivity index (χ2n) is 16.0. The predicted molar refractivity (Wildman–Crippen MR) is 236 cm³/mol. The van der Waals surface area contributed by atoms with Crippen molar-refractivity contribution in [3.8, 4) is 33.6 Å². The number of amides is 3. The highest BCUT2D eigenvalue weighted by molar-refractivity contribution is 5.88. The van der Waals surface area contributed by atoms with E-state index >= 15 is 0 Å². The lowest BCUT2D eigenvalue weighted by atomic mass is 10.0. The van der Waals surface area contributed by atoms with Crippen LogP contribution in [-0.2, 0) is 14.3 Å². The number of carbonyl (C=O) groups excluding carboxylic acids is 3. The summed E-state index contributed by atoms with van der Waals surface area (Å²) in [5.41, 5.74) is 7.39. The Morgan fingerprint density at radius 3 is 1.61 bits per heavy atom. The Balaban J connectivity index is 0.924. The van der Waals surface area contributed by atoms with Crippen molar-refractivity contribution in [2.45, 2.75) is 38.0 Å². The summed E-state index contributed by atoms with van der Waals surface area (Å²) in [4.78, 5) is 62.6. The number of hydrogen-bond acceptors (Lipinski definition) is 7. The second kappa shape index (κ2) is 18.1. The van der Waals surface area contributed by atoms with Gasteiger partial charge in [0.2, 0.25) is 5.91 Å². The van der Waals surface area contributed by atoms with Crippen molar-refractivity contribution in [3.05, 3.63) is 169 Å². The van der Waals surface area contributed by atoms with E-state index in [1.54, 1.807) is 11.1 Å². The van der Waals surface area contributed by atoms with Gasteiger partial charge in [-0.3, -0.25) is 14.5 Å². The number of imidazole rings is 2. The summed E-state index contributed by atoms with van der Waals surface area (Å²) >= 11 is 0. The maximum Gasteiger partial charge on any atom is 0.408 e. The highest BCUT2D eigenvalue weighted by atomic mass is 16.5. The Labute approximate surface area is 356 Å². The molecule has 3 amide bonds. The lowest BCUT2D eigenvalue weighted by Crippen LogP contribution is -2.43. The number of rotatable bonds is 13. The molecule has 8 rings (SSSR count). The fourth-order valence-electron chi connectivity index (χ4n) is 7.88. The summed E-state index contributed by atoms with van der Waals surface area (Å²) in [5.74, 6) is 1.28. The van der Waals surface area contributed by atoms with E-state index in [1.807, 2.05) is 141 Å². The first kappa shape index (κ1) is 40.7. The van der Waals surface area contributed by atoms with Gasteiger partial charge in [0.1, 0.15) is 35.8 Å². The summed E-state index contributed by atoms with van der Waals surface area (Å²) in [6.45, 7) is 5.07. The number of ether oxygens (including phenoxy) is 1. The normalized spacial score (nSPS) is 17.0. The molecule has 4 atom stereocenters. The molecule has 2 aliphatic rings. The number of aromatic nitrogens is 4. The molecule has 0 radical (unpaired) electrons. The number of likely N-dealkylation sites (N-methyl/N-ethyl adjacent to an activating group) is 1. The van der Waals surface area contributed by atoms with Gasteiger partial charge in [-0.25, -0.2) is 14.8 Å². The molecule has 61 heavy (non-hydrogen) atoms. The third-order valence-electron chi connectivity index (χ3n) is 11.0. The minimum atomic E-state index is -0.921. The number of benzene rings is 4. The molecule has 310 valence electrons. The Morgan fingerprint density at radius 1 is 0.672 bits per heavy atom. The zero-order chi connectivity index (χ0) is 42.5. The van der Waals surface area contributed by atoms with Gasteiger partial charge < -0.3 is 29.8 Å². The molecular formula is C49H50N8O4. The van der Waals surface area contributed by atoms with Crippen LogP contribution in [0.15, 0.2) is 146 Å². The van der Waals surface area contributed by atoms with Crippen molar-refractivity contribution in [1.82, 2.24) is 40.0 Å². The van der Waals surface area contributed by atoms with Crippen LogP contribution in [0, 0.1) is 5.92 Å². The van der Waals surface area contributed by atoms with E-state index < -0.39 is 24.2 Å². The third kappa shape index (κ3) is 8.95. The number of H-pyrrole nitrogens is 2. The van der Waals surface area contributed by atoms with Crippen molar-refractivity contribution in [3.63, 3.8) is 0 Å². The molecule has 12 heteroatoms. The zero-order valence-corrected chi connectivity index (χ0v) is 34.7. The van der Waals surface area contributed by atoms with Crippen molar-refractivity contribution in [2.24, 2.45) is 5.92 Å². The maximum absolute atomic E-state index is 14.1. The van der Waals surface area contributed by atoms with Crippen molar-refractivity contribution < 1.29 is 19.1 Å². The van der Waals surface area contributed by atoms with E-state index in [2.05, 4.69) is 56.7 Å². The highest BCUT2D eigenvalue weighted by Crippen LogP contribution is 2.34. The van der Waals surface area contributed by atoms with Crippen molar-refractivity contribution >= 4 is 17.9 Å². The van der Waals surface area contributed by atoms with E-state index in [1.165, 1.54) is 0 Å². The number of nitrogens with zero attached hydrogens (tertiary/aromatic N) is 5.